The van der Waals surface area contributed by atoms with E-state index in [1.165, 1.54) is 5.56 Å². The molecule has 3 aromatic rings. The van der Waals surface area contributed by atoms with Crippen LogP contribution in [-0.4, -0.2) is 19.6 Å². The molecule has 4 nitrogen and oxygen atoms in total. The fourth-order valence-corrected chi connectivity index (χ4v) is 2.44. The van der Waals surface area contributed by atoms with E-state index < -0.39 is 0 Å². The second-order valence-corrected chi connectivity index (χ2v) is 5.06. The molecule has 0 fully saturated rings. The van der Waals surface area contributed by atoms with Crippen LogP contribution in [0.15, 0.2) is 47.9 Å². The first-order chi connectivity index (χ1) is 8.81. The molecule has 0 N–H and O–H groups in total. The summed E-state index contributed by atoms with van der Waals surface area (Å²) in [4.78, 5) is 8.41. The second-order valence-electron chi connectivity index (χ2n) is 3.69. The molecule has 18 heavy (non-hydrogen) atoms. The van der Waals surface area contributed by atoms with Crippen LogP contribution in [-0.2, 0) is 5.75 Å². The first kappa shape index (κ1) is 11.5. The van der Waals surface area contributed by atoms with Crippen molar-refractivity contribution in [3.05, 3.63) is 53.3 Å². The topological polar surface area (TPSA) is 43.1 Å². The molecule has 0 radical (unpaired) electrons. The van der Waals surface area contributed by atoms with Crippen LogP contribution in [0.3, 0.4) is 0 Å². The Morgan fingerprint density at radius 2 is 2.06 bits per heavy atom. The van der Waals surface area contributed by atoms with E-state index in [0.29, 0.717) is 16.0 Å². The largest absolute Gasteiger partial charge is 0.253 e. The highest BCUT2D eigenvalue weighted by Crippen LogP contribution is 2.19. The van der Waals surface area contributed by atoms with Crippen LogP contribution >= 0.6 is 23.4 Å². The molecule has 0 spiro atoms. The van der Waals surface area contributed by atoms with E-state index in [9.17, 15) is 0 Å². The Bertz CT molecular complexity index is 668. The smallest absolute Gasteiger partial charge is 0.218 e. The molecule has 0 atom stereocenters. The van der Waals surface area contributed by atoms with E-state index in [1.54, 1.807) is 28.7 Å². The minimum absolute atomic E-state index is 0.548. The minimum atomic E-state index is 0.548. The van der Waals surface area contributed by atoms with Crippen molar-refractivity contribution in [2.45, 2.75) is 10.9 Å². The first-order valence-electron chi connectivity index (χ1n) is 5.36. The number of benzene rings is 1. The molecular weight excluding hydrogens is 268 g/mol. The standard InChI is InChI=1S/C12H9ClN4S/c13-10-6-14-11-15-12(16-17(11)7-10)18-8-9-4-2-1-3-5-9/h1-7H,8H2. The number of hydrogen-bond acceptors (Lipinski definition) is 4. The molecule has 6 heteroatoms. The van der Waals surface area contributed by atoms with Crippen molar-refractivity contribution in [3.63, 3.8) is 0 Å². The van der Waals surface area contributed by atoms with Gasteiger partial charge in [-0.3, -0.25) is 0 Å². The van der Waals surface area contributed by atoms with Gasteiger partial charge in [0.05, 0.1) is 17.4 Å². The zero-order valence-corrected chi connectivity index (χ0v) is 10.9. The highest BCUT2D eigenvalue weighted by Gasteiger charge is 2.05. The lowest BCUT2D eigenvalue weighted by Gasteiger charge is -1.96. The van der Waals surface area contributed by atoms with Gasteiger partial charge in [0.1, 0.15) is 0 Å². The average Bonchev–Trinajstić information content (AvgIpc) is 2.79. The molecule has 90 valence electrons. The highest BCUT2D eigenvalue weighted by molar-refractivity contribution is 7.98. The maximum Gasteiger partial charge on any atom is 0.253 e. The Labute approximate surface area is 113 Å². The van der Waals surface area contributed by atoms with Gasteiger partial charge in [0.15, 0.2) is 0 Å². The van der Waals surface area contributed by atoms with Gasteiger partial charge in [-0.1, -0.05) is 53.7 Å². The predicted octanol–water partition coefficient (Wildman–Crippen LogP) is 3.07. The number of hydrogen-bond donors (Lipinski definition) is 0. The van der Waals surface area contributed by atoms with Gasteiger partial charge < -0.3 is 0 Å². The predicted molar refractivity (Wildman–Crippen MR) is 71.8 cm³/mol. The van der Waals surface area contributed by atoms with E-state index in [-0.39, 0.29) is 0 Å². The average molecular weight is 277 g/mol. The summed E-state index contributed by atoms with van der Waals surface area (Å²) in [5.74, 6) is 1.40. The Morgan fingerprint density at radius 3 is 2.89 bits per heavy atom. The summed E-state index contributed by atoms with van der Waals surface area (Å²) in [7, 11) is 0. The third-order valence-corrected chi connectivity index (χ3v) is 3.46. The molecule has 0 saturated heterocycles. The summed E-state index contributed by atoms with van der Waals surface area (Å²) in [6.45, 7) is 0. The summed E-state index contributed by atoms with van der Waals surface area (Å²) >= 11 is 7.42. The maximum absolute atomic E-state index is 5.84. The Kier molecular flexibility index (Phi) is 3.17. The van der Waals surface area contributed by atoms with E-state index in [0.717, 1.165) is 5.75 Å². The van der Waals surface area contributed by atoms with Crippen molar-refractivity contribution in [1.29, 1.82) is 0 Å². The van der Waals surface area contributed by atoms with Gasteiger partial charge in [-0.2, -0.15) is 4.98 Å². The van der Waals surface area contributed by atoms with Crippen molar-refractivity contribution in [3.8, 4) is 0 Å². The number of thioether (sulfide) groups is 1. The van der Waals surface area contributed by atoms with Crippen LogP contribution < -0.4 is 0 Å². The van der Waals surface area contributed by atoms with Crippen LogP contribution in [0.25, 0.3) is 5.78 Å². The number of halogens is 1. The molecular formula is C12H9ClN4S. The second kappa shape index (κ2) is 4.96. The van der Waals surface area contributed by atoms with Crippen LogP contribution in [0.1, 0.15) is 5.56 Å². The zero-order valence-electron chi connectivity index (χ0n) is 9.32. The molecule has 0 bridgehead atoms. The molecule has 3 rings (SSSR count). The van der Waals surface area contributed by atoms with Crippen LogP contribution in [0.4, 0.5) is 0 Å². The van der Waals surface area contributed by atoms with Gasteiger partial charge >= 0.3 is 0 Å². The fourth-order valence-electron chi connectivity index (χ4n) is 1.52. The van der Waals surface area contributed by atoms with Gasteiger partial charge in [-0.25, -0.2) is 9.50 Å². The van der Waals surface area contributed by atoms with Crippen LogP contribution in [0.2, 0.25) is 5.02 Å². The first-order valence-corrected chi connectivity index (χ1v) is 6.72. The molecule has 0 aliphatic rings. The molecule has 2 aromatic heterocycles. The zero-order chi connectivity index (χ0) is 12.4. The molecule has 0 amide bonds. The molecule has 0 aliphatic heterocycles. The Balaban J connectivity index is 1.79. The van der Waals surface area contributed by atoms with Gasteiger partial charge in [0.25, 0.3) is 5.78 Å². The van der Waals surface area contributed by atoms with Gasteiger partial charge in [-0.15, -0.1) is 5.10 Å². The van der Waals surface area contributed by atoms with E-state index >= 15 is 0 Å². The number of nitrogens with zero attached hydrogens (tertiary/aromatic N) is 4. The molecule has 0 saturated carbocycles. The van der Waals surface area contributed by atoms with Crippen LogP contribution in [0.5, 0.6) is 0 Å². The molecule has 2 heterocycles. The van der Waals surface area contributed by atoms with Crippen molar-refractivity contribution < 1.29 is 0 Å². The van der Waals surface area contributed by atoms with Gasteiger partial charge in [0, 0.05) is 5.75 Å². The number of fused-ring (bicyclic) bond motifs is 1. The maximum atomic E-state index is 5.84. The SMILES string of the molecule is Clc1cnc2nc(SCc3ccccc3)nn2c1. The molecule has 0 unspecified atom stereocenters. The van der Waals surface area contributed by atoms with Crippen molar-refractivity contribution in [2.24, 2.45) is 0 Å². The number of rotatable bonds is 3. The Morgan fingerprint density at radius 1 is 1.22 bits per heavy atom. The third kappa shape index (κ3) is 2.47. The molecule has 0 aliphatic carbocycles. The fraction of sp³-hybridized carbons (Fsp3) is 0.0833. The lowest BCUT2D eigenvalue weighted by atomic mass is 10.2. The lowest BCUT2D eigenvalue weighted by molar-refractivity contribution is 0.879. The summed E-state index contributed by atoms with van der Waals surface area (Å²) in [6, 6.07) is 10.2. The summed E-state index contributed by atoms with van der Waals surface area (Å²) < 4.78 is 1.59. The van der Waals surface area contributed by atoms with E-state index in [1.807, 2.05) is 18.2 Å². The highest BCUT2D eigenvalue weighted by atomic mass is 35.5. The summed E-state index contributed by atoms with van der Waals surface area (Å²) in [5.41, 5.74) is 1.24. The van der Waals surface area contributed by atoms with Gasteiger partial charge in [0.2, 0.25) is 5.16 Å². The molecule has 1 aromatic carbocycles. The van der Waals surface area contributed by atoms with E-state index in [4.69, 9.17) is 11.6 Å². The minimum Gasteiger partial charge on any atom is -0.218 e. The van der Waals surface area contributed by atoms with Crippen molar-refractivity contribution >= 4 is 29.1 Å². The quantitative estimate of drug-likeness (QED) is 0.690. The summed E-state index contributed by atoms with van der Waals surface area (Å²) in [5, 5.41) is 5.56. The monoisotopic (exact) mass is 276 g/mol. The Hall–Kier alpha value is -1.59. The normalized spacial score (nSPS) is 10.9. The van der Waals surface area contributed by atoms with Crippen molar-refractivity contribution in [1.82, 2.24) is 19.6 Å². The third-order valence-electron chi connectivity index (χ3n) is 2.35. The van der Waals surface area contributed by atoms with E-state index in [2.05, 4.69) is 27.2 Å². The van der Waals surface area contributed by atoms with Crippen molar-refractivity contribution in [2.75, 3.05) is 0 Å². The summed E-state index contributed by atoms with van der Waals surface area (Å²) in [6.07, 6.45) is 3.26. The lowest BCUT2D eigenvalue weighted by Crippen LogP contribution is -1.88. The van der Waals surface area contributed by atoms with Crippen LogP contribution in [0, 0.1) is 0 Å². The number of aromatic nitrogens is 4. The van der Waals surface area contributed by atoms with Gasteiger partial charge in [-0.05, 0) is 5.56 Å².